The Bertz CT molecular complexity index is 647. The molecule has 1 unspecified atom stereocenters. The topological polar surface area (TPSA) is 32.3 Å². The van der Waals surface area contributed by atoms with Crippen LogP contribution in [0.4, 0.5) is 14.9 Å². The van der Waals surface area contributed by atoms with Gasteiger partial charge in [-0.15, -0.1) is 0 Å². The van der Waals surface area contributed by atoms with E-state index in [1.165, 1.54) is 0 Å². The molecule has 0 aromatic heterocycles. The van der Waals surface area contributed by atoms with Gasteiger partial charge in [-0.3, -0.25) is 4.39 Å². The monoisotopic (exact) mass is 306 g/mol. The van der Waals surface area contributed by atoms with Crippen molar-refractivity contribution in [1.29, 1.82) is 0 Å². The molecular formula is C16H16ClFN2O. The molecule has 1 aliphatic heterocycles. The highest BCUT2D eigenvalue weighted by Gasteiger charge is 2.53. The van der Waals surface area contributed by atoms with E-state index in [0.717, 1.165) is 24.1 Å². The summed E-state index contributed by atoms with van der Waals surface area (Å²) in [5.41, 5.74) is 0.951. The Hall–Kier alpha value is -1.73. The van der Waals surface area contributed by atoms with Gasteiger partial charge in [0.15, 0.2) is 0 Å². The average molecular weight is 307 g/mol. The quantitative estimate of drug-likeness (QED) is 0.829. The summed E-state index contributed by atoms with van der Waals surface area (Å²) in [5.74, 6) is 6.34. The van der Waals surface area contributed by atoms with Gasteiger partial charge in [-0.25, -0.2) is 4.79 Å². The van der Waals surface area contributed by atoms with Crippen molar-refractivity contribution in [3.8, 4) is 11.8 Å². The molecule has 3 rings (SSSR count). The van der Waals surface area contributed by atoms with E-state index >= 15 is 0 Å². The van der Waals surface area contributed by atoms with Gasteiger partial charge < -0.3 is 10.2 Å². The number of amides is 2. The minimum absolute atomic E-state index is 0.180. The van der Waals surface area contributed by atoms with Gasteiger partial charge in [0.2, 0.25) is 0 Å². The SMILES string of the molecule is CN1C(=O)Nc2ccc(Cl)cc2C1(C#CCCF)C1CC1. The van der Waals surface area contributed by atoms with Gasteiger partial charge in [0.05, 0.1) is 0 Å². The largest absolute Gasteiger partial charge is 0.323 e. The maximum Gasteiger partial charge on any atom is 0.323 e. The van der Waals surface area contributed by atoms with E-state index < -0.39 is 12.2 Å². The number of anilines is 1. The minimum atomic E-state index is -0.697. The number of urea groups is 1. The molecule has 2 aliphatic rings. The Kier molecular flexibility index (Phi) is 3.54. The molecule has 110 valence electrons. The molecule has 0 radical (unpaired) electrons. The second kappa shape index (κ2) is 5.23. The van der Waals surface area contributed by atoms with E-state index in [4.69, 9.17) is 11.6 Å². The Balaban J connectivity index is 2.19. The van der Waals surface area contributed by atoms with Gasteiger partial charge in [-0.2, -0.15) is 0 Å². The second-order valence-electron chi connectivity index (χ2n) is 5.46. The van der Waals surface area contributed by atoms with Gasteiger partial charge in [0.1, 0.15) is 12.2 Å². The summed E-state index contributed by atoms with van der Waals surface area (Å²) in [6, 6.07) is 5.22. The Morgan fingerprint density at radius 2 is 2.29 bits per heavy atom. The fourth-order valence-corrected chi connectivity index (χ4v) is 3.15. The van der Waals surface area contributed by atoms with Crippen molar-refractivity contribution in [3.63, 3.8) is 0 Å². The molecule has 1 saturated carbocycles. The van der Waals surface area contributed by atoms with Crippen LogP contribution in [0, 0.1) is 17.8 Å². The zero-order valence-electron chi connectivity index (χ0n) is 11.7. The van der Waals surface area contributed by atoms with Crippen LogP contribution in [-0.4, -0.2) is 24.7 Å². The van der Waals surface area contributed by atoms with E-state index in [0.29, 0.717) is 5.02 Å². The normalized spacial score (nSPS) is 24.0. The molecule has 0 spiro atoms. The fraction of sp³-hybridized carbons (Fsp3) is 0.438. The molecule has 21 heavy (non-hydrogen) atoms. The second-order valence-corrected chi connectivity index (χ2v) is 5.90. The van der Waals surface area contributed by atoms with Crippen LogP contribution in [0.25, 0.3) is 0 Å². The number of nitrogens with one attached hydrogen (secondary N) is 1. The first-order valence-electron chi connectivity index (χ1n) is 7.00. The van der Waals surface area contributed by atoms with Gasteiger partial charge in [0.25, 0.3) is 0 Å². The minimum Gasteiger partial charge on any atom is -0.307 e. The van der Waals surface area contributed by atoms with Crippen LogP contribution in [0.2, 0.25) is 5.02 Å². The van der Waals surface area contributed by atoms with Crippen LogP contribution in [0.3, 0.4) is 0 Å². The van der Waals surface area contributed by atoms with Gasteiger partial charge in [-0.1, -0.05) is 23.4 Å². The zero-order valence-corrected chi connectivity index (χ0v) is 12.5. The highest BCUT2D eigenvalue weighted by molar-refractivity contribution is 6.30. The Morgan fingerprint density at radius 3 is 2.95 bits per heavy atom. The molecule has 1 aliphatic carbocycles. The molecule has 1 atom stereocenters. The predicted octanol–water partition coefficient (Wildman–Crippen LogP) is 3.79. The summed E-state index contributed by atoms with van der Waals surface area (Å²) in [7, 11) is 1.74. The summed E-state index contributed by atoms with van der Waals surface area (Å²) < 4.78 is 12.4. The first-order valence-corrected chi connectivity index (χ1v) is 7.38. The lowest BCUT2D eigenvalue weighted by Gasteiger charge is -2.43. The van der Waals surface area contributed by atoms with Gasteiger partial charge in [-0.05, 0) is 37.0 Å². The number of hydrogen-bond acceptors (Lipinski definition) is 1. The van der Waals surface area contributed by atoms with E-state index in [9.17, 15) is 9.18 Å². The molecular weight excluding hydrogens is 291 g/mol. The fourth-order valence-electron chi connectivity index (χ4n) is 2.97. The number of rotatable bonds is 2. The van der Waals surface area contributed by atoms with Crippen LogP contribution in [0.5, 0.6) is 0 Å². The number of carbonyl (C=O) groups is 1. The van der Waals surface area contributed by atoms with Crippen molar-refractivity contribution in [3.05, 3.63) is 28.8 Å². The van der Waals surface area contributed by atoms with Crippen LogP contribution >= 0.6 is 11.6 Å². The Labute approximate surface area is 128 Å². The lowest BCUT2D eigenvalue weighted by molar-refractivity contribution is 0.161. The maximum atomic E-state index is 12.4. The third kappa shape index (κ3) is 2.26. The van der Waals surface area contributed by atoms with E-state index in [1.54, 1.807) is 24.1 Å². The molecule has 0 bridgehead atoms. The summed E-state index contributed by atoms with van der Waals surface area (Å²) in [4.78, 5) is 13.9. The zero-order chi connectivity index (χ0) is 15.0. The van der Waals surface area contributed by atoms with Crippen molar-refractivity contribution in [1.82, 2.24) is 4.90 Å². The predicted molar refractivity (Wildman–Crippen MR) is 81.0 cm³/mol. The number of fused-ring (bicyclic) bond motifs is 1. The Morgan fingerprint density at radius 1 is 1.52 bits per heavy atom. The summed E-state index contributed by atoms with van der Waals surface area (Å²) in [6.45, 7) is -0.480. The number of benzene rings is 1. The van der Waals surface area contributed by atoms with Crippen LogP contribution < -0.4 is 5.32 Å². The lowest BCUT2D eigenvalue weighted by atomic mass is 9.81. The first kappa shape index (κ1) is 14.2. The molecule has 1 aromatic carbocycles. The number of halogens is 2. The van der Waals surface area contributed by atoms with E-state index in [1.807, 2.05) is 6.07 Å². The van der Waals surface area contributed by atoms with Gasteiger partial charge >= 0.3 is 6.03 Å². The summed E-state index contributed by atoms with van der Waals surface area (Å²) in [6.07, 6.45) is 2.20. The third-order valence-electron chi connectivity index (χ3n) is 4.13. The third-order valence-corrected chi connectivity index (χ3v) is 4.37. The smallest absolute Gasteiger partial charge is 0.307 e. The molecule has 0 saturated heterocycles. The standard InChI is InChI=1S/C16H16ClFN2O/c1-20-15(21)19-14-7-6-12(17)10-13(14)16(20,11-4-5-11)8-2-3-9-18/h6-7,10-11H,3-5,9H2,1H3,(H,19,21). The molecule has 2 amide bonds. The van der Waals surface area contributed by atoms with E-state index in [2.05, 4.69) is 17.2 Å². The molecule has 1 fully saturated rings. The summed E-state index contributed by atoms with van der Waals surface area (Å²) in [5, 5.41) is 3.46. The van der Waals surface area contributed by atoms with Crippen LogP contribution in [0.1, 0.15) is 24.8 Å². The molecule has 5 heteroatoms. The molecule has 1 heterocycles. The van der Waals surface area contributed by atoms with Crippen LogP contribution in [0.15, 0.2) is 18.2 Å². The number of carbonyl (C=O) groups excluding carboxylic acids is 1. The highest BCUT2D eigenvalue weighted by atomic mass is 35.5. The van der Waals surface area contributed by atoms with E-state index in [-0.39, 0.29) is 18.4 Å². The van der Waals surface area contributed by atoms with Crippen LogP contribution in [-0.2, 0) is 5.54 Å². The number of hydrogen-bond donors (Lipinski definition) is 1. The molecule has 3 nitrogen and oxygen atoms in total. The lowest BCUT2D eigenvalue weighted by Crippen LogP contribution is -2.53. The van der Waals surface area contributed by atoms with Crippen molar-refractivity contribution < 1.29 is 9.18 Å². The number of nitrogens with zero attached hydrogens (tertiary/aromatic N) is 1. The first-order chi connectivity index (χ1) is 10.1. The number of alkyl halides is 1. The highest BCUT2D eigenvalue weighted by Crippen LogP contribution is 2.52. The molecule has 1 N–H and O–H groups in total. The average Bonchev–Trinajstić information content (AvgIpc) is 3.29. The van der Waals surface area contributed by atoms with Crippen molar-refractivity contribution in [2.24, 2.45) is 5.92 Å². The van der Waals surface area contributed by atoms with Crippen molar-refractivity contribution in [2.45, 2.75) is 24.8 Å². The van der Waals surface area contributed by atoms with Gasteiger partial charge in [0, 0.05) is 29.7 Å². The van der Waals surface area contributed by atoms with Crippen molar-refractivity contribution >= 4 is 23.3 Å². The maximum absolute atomic E-state index is 12.4. The molecule has 1 aromatic rings. The van der Waals surface area contributed by atoms with Crippen molar-refractivity contribution in [2.75, 3.05) is 19.0 Å². The summed E-state index contributed by atoms with van der Waals surface area (Å²) >= 11 is 6.14.